The minimum absolute atomic E-state index is 0.116. The third-order valence-corrected chi connectivity index (χ3v) is 5.56. The predicted octanol–water partition coefficient (Wildman–Crippen LogP) is 5.27. The van der Waals surface area contributed by atoms with Crippen LogP contribution in [0.5, 0.6) is 0 Å². The van der Waals surface area contributed by atoms with Crippen molar-refractivity contribution < 1.29 is 9.47 Å². The molecular weight excluding hydrogens is 396 g/mol. The quantitative estimate of drug-likeness (QED) is 0.362. The highest BCUT2D eigenvalue weighted by atomic mass is 16.5. The number of ether oxygens (including phenoxy) is 2. The van der Waals surface area contributed by atoms with Gasteiger partial charge in [-0.1, -0.05) is 84.9 Å². The fraction of sp³-hybridized carbons (Fsp3) is 0.214. The monoisotopic (exact) mass is 426 g/mol. The lowest BCUT2D eigenvalue weighted by Crippen LogP contribution is -2.17. The van der Waals surface area contributed by atoms with E-state index in [1.54, 1.807) is 0 Å². The Labute approximate surface area is 189 Å². The van der Waals surface area contributed by atoms with Crippen molar-refractivity contribution in [3.8, 4) is 0 Å². The molecule has 164 valence electrons. The van der Waals surface area contributed by atoms with Crippen molar-refractivity contribution in [2.24, 2.45) is 11.5 Å². The van der Waals surface area contributed by atoms with E-state index < -0.39 is 0 Å². The smallest absolute Gasteiger partial charge is 0.0718 e. The van der Waals surface area contributed by atoms with Crippen molar-refractivity contribution in [1.82, 2.24) is 0 Å². The molecule has 4 aromatic rings. The van der Waals surface area contributed by atoms with Crippen LogP contribution in [-0.4, -0.2) is 13.2 Å². The molecule has 0 radical (unpaired) electrons. The van der Waals surface area contributed by atoms with Crippen LogP contribution in [0.25, 0.3) is 10.8 Å². The molecule has 4 N–H and O–H groups in total. The lowest BCUT2D eigenvalue weighted by molar-refractivity contribution is 0.108. The molecule has 4 heteroatoms. The third kappa shape index (κ3) is 6.02. The van der Waals surface area contributed by atoms with Crippen LogP contribution in [0.1, 0.15) is 34.3 Å². The maximum atomic E-state index is 6.21. The van der Waals surface area contributed by atoms with Gasteiger partial charge in [-0.25, -0.2) is 0 Å². The average molecular weight is 427 g/mol. The average Bonchev–Trinajstić information content (AvgIpc) is 2.85. The molecule has 32 heavy (non-hydrogen) atoms. The Morgan fingerprint density at radius 1 is 0.531 bits per heavy atom. The zero-order valence-electron chi connectivity index (χ0n) is 18.2. The molecule has 0 unspecified atom stereocenters. The van der Waals surface area contributed by atoms with Crippen LogP contribution in [-0.2, 0) is 22.7 Å². The van der Waals surface area contributed by atoms with E-state index in [2.05, 4.69) is 36.4 Å². The summed E-state index contributed by atoms with van der Waals surface area (Å²) in [6.07, 6.45) is 0. The molecule has 0 saturated heterocycles. The van der Waals surface area contributed by atoms with Crippen LogP contribution < -0.4 is 11.5 Å². The van der Waals surface area contributed by atoms with E-state index in [1.165, 1.54) is 10.8 Å². The summed E-state index contributed by atoms with van der Waals surface area (Å²) >= 11 is 0. The van der Waals surface area contributed by atoms with Crippen molar-refractivity contribution in [3.63, 3.8) is 0 Å². The van der Waals surface area contributed by atoms with E-state index in [1.807, 2.05) is 60.7 Å². The van der Waals surface area contributed by atoms with Crippen molar-refractivity contribution in [2.75, 3.05) is 13.2 Å². The van der Waals surface area contributed by atoms with Crippen LogP contribution in [0.3, 0.4) is 0 Å². The minimum atomic E-state index is -0.116. The number of benzene rings is 4. The maximum Gasteiger partial charge on any atom is 0.0718 e. The number of rotatable bonds is 10. The molecule has 4 aromatic carbocycles. The van der Waals surface area contributed by atoms with Crippen LogP contribution >= 0.6 is 0 Å². The van der Waals surface area contributed by atoms with Crippen molar-refractivity contribution in [1.29, 1.82) is 0 Å². The summed E-state index contributed by atoms with van der Waals surface area (Å²) in [7, 11) is 0. The Bertz CT molecular complexity index is 1030. The highest BCUT2D eigenvalue weighted by Gasteiger charge is 2.07. The highest BCUT2D eigenvalue weighted by Crippen LogP contribution is 2.20. The van der Waals surface area contributed by atoms with Gasteiger partial charge in [0.1, 0.15) is 0 Å². The molecule has 0 fully saturated rings. The largest absolute Gasteiger partial charge is 0.375 e. The molecule has 0 aliphatic heterocycles. The first-order valence-electron chi connectivity index (χ1n) is 11.0. The molecule has 0 bridgehead atoms. The highest BCUT2D eigenvalue weighted by molar-refractivity contribution is 5.83. The molecule has 0 aliphatic carbocycles. The lowest BCUT2D eigenvalue weighted by atomic mass is 10.0. The lowest BCUT2D eigenvalue weighted by Gasteiger charge is -2.13. The molecule has 0 aromatic heterocycles. The van der Waals surface area contributed by atoms with Crippen LogP contribution in [0.2, 0.25) is 0 Å². The second-order valence-electron chi connectivity index (χ2n) is 8.08. The standard InChI is InChI=1S/C28H30N2O2/c29-27(23-7-3-1-4-8-23)19-31-17-21-11-13-26-16-22(12-14-25(26)15-21)18-32-20-28(30)24-9-5-2-6-10-24/h1-16,27-28H,17-20,29-30H2/t27-,28-/m1/s1. The molecule has 0 aliphatic rings. The van der Waals surface area contributed by atoms with Gasteiger partial charge in [0.05, 0.1) is 38.5 Å². The zero-order chi connectivity index (χ0) is 22.2. The molecule has 4 rings (SSSR count). The maximum absolute atomic E-state index is 6.21. The van der Waals surface area contributed by atoms with Gasteiger partial charge in [-0.2, -0.15) is 0 Å². The van der Waals surface area contributed by atoms with Crippen molar-refractivity contribution in [2.45, 2.75) is 25.3 Å². The van der Waals surface area contributed by atoms with Crippen LogP contribution in [0.4, 0.5) is 0 Å². The van der Waals surface area contributed by atoms with E-state index in [9.17, 15) is 0 Å². The second-order valence-corrected chi connectivity index (χ2v) is 8.08. The van der Waals surface area contributed by atoms with Gasteiger partial charge < -0.3 is 20.9 Å². The Morgan fingerprint density at radius 2 is 0.938 bits per heavy atom. The van der Waals surface area contributed by atoms with Gasteiger partial charge in [0.15, 0.2) is 0 Å². The van der Waals surface area contributed by atoms with Crippen molar-refractivity contribution in [3.05, 3.63) is 119 Å². The van der Waals surface area contributed by atoms with E-state index in [4.69, 9.17) is 20.9 Å². The van der Waals surface area contributed by atoms with Gasteiger partial charge in [-0.15, -0.1) is 0 Å². The normalized spacial score (nSPS) is 13.2. The summed E-state index contributed by atoms with van der Waals surface area (Å²) in [6.45, 7) is 2.06. The van der Waals surface area contributed by atoms with Gasteiger partial charge in [-0.3, -0.25) is 0 Å². The summed E-state index contributed by atoms with van der Waals surface area (Å²) in [5.41, 5.74) is 16.9. The topological polar surface area (TPSA) is 70.5 Å². The summed E-state index contributed by atoms with van der Waals surface area (Å²) in [4.78, 5) is 0. The first-order chi connectivity index (χ1) is 15.7. The molecule has 0 spiro atoms. The number of hydrogen-bond acceptors (Lipinski definition) is 4. The Kier molecular flexibility index (Phi) is 7.64. The van der Waals surface area contributed by atoms with Gasteiger partial charge in [0.25, 0.3) is 0 Å². The van der Waals surface area contributed by atoms with Gasteiger partial charge in [0.2, 0.25) is 0 Å². The SMILES string of the molecule is N[C@H](COCc1ccc2cc(COC[C@@H](N)c3ccccc3)ccc2c1)c1ccccc1. The van der Waals surface area contributed by atoms with E-state index in [0.717, 1.165) is 22.3 Å². The molecule has 0 amide bonds. The zero-order valence-corrected chi connectivity index (χ0v) is 18.2. The number of nitrogens with two attached hydrogens (primary N) is 2. The Morgan fingerprint density at radius 3 is 1.34 bits per heavy atom. The number of fused-ring (bicyclic) bond motifs is 1. The van der Waals surface area contributed by atoms with Gasteiger partial charge in [0, 0.05) is 0 Å². The van der Waals surface area contributed by atoms with Crippen LogP contribution in [0, 0.1) is 0 Å². The third-order valence-electron chi connectivity index (χ3n) is 5.56. The summed E-state index contributed by atoms with van der Waals surface area (Å²) in [6, 6.07) is 32.6. The molecule has 2 atom stereocenters. The molecule has 0 heterocycles. The fourth-order valence-corrected chi connectivity index (χ4v) is 3.72. The number of hydrogen-bond donors (Lipinski definition) is 2. The van der Waals surface area contributed by atoms with E-state index in [-0.39, 0.29) is 12.1 Å². The van der Waals surface area contributed by atoms with E-state index >= 15 is 0 Å². The summed E-state index contributed by atoms with van der Waals surface area (Å²) < 4.78 is 11.7. The first kappa shape index (κ1) is 22.2. The van der Waals surface area contributed by atoms with Gasteiger partial charge in [-0.05, 0) is 45.2 Å². The molecule has 4 nitrogen and oxygen atoms in total. The fourth-order valence-electron chi connectivity index (χ4n) is 3.72. The van der Waals surface area contributed by atoms with Crippen LogP contribution in [0.15, 0.2) is 97.1 Å². The molecule has 0 saturated carbocycles. The second kappa shape index (κ2) is 11.0. The van der Waals surface area contributed by atoms with Crippen molar-refractivity contribution >= 4 is 10.8 Å². The molecular formula is C28H30N2O2. The Balaban J connectivity index is 1.28. The predicted molar refractivity (Wildman–Crippen MR) is 130 cm³/mol. The summed E-state index contributed by atoms with van der Waals surface area (Å²) in [5, 5.41) is 2.37. The Hall–Kier alpha value is -3.02. The minimum Gasteiger partial charge on any atom is -0.375 e. The summed E-state index contributed by atoms with van der Waals surface area (Å²) in [5.74, 6) is 0. The first-order valence-corrected chi connectivity index (χ1v) is 11.0. The van der Waals surface area contributed by atoms with E-state index in [0.29, 0.717) is 26.4 Å². The van der Waals surface area contributed by atoms with Gasteiger partial charge >= 0.3 is 0 Å².